The monoisotopic (exact) mass is 377 g/mol. The summed E-state index contributed by atoms with van der Waals surface area (Å²) in [5.74, 6) is -2.09. The fraction of sp³-hybridized carbons (Fsp3) is 0.0500. The van der Waals surface area contributed by atoms with Crippen molar-refractivity contribution in [2.45, 2.75) is 6.04 Å². The Morgan fingerprint density at radius 1 is 1.04 bits per heavy atom. The number of benzene rings is 2. The lowest BCUT2D eigenvalue weighted by atomic mass is 9.95. The van der Waals surface area contributed by atoms with Gasteiger partial charge in [-0.1, -0.05) is 24.3 Å². The maximum absolute atomic E-state index is 14.6. The van der Waals surface area contributed by atoms with Gasteiger partial charge in [0.15, 0.2) is 11.3 Å². The zero-order valence-electron chi connectivity index (χ0n) is 14.3. The van der Waals surface area contributed by atoms with Gasteiger partial charge in [-0.3, -0.25) is 4.79 Å². The van der Waals surface area contributed by atoms with Crippen molar-refractivity contribution in [2.75, 3.05) is 5.32 Å². The average Bonchev–Trinajstić information content (AvgIpc) is 3.04. The third kappa shape index (κ3) is 2.21. The number of nitrogens with one attached hydrogen (secondary N) is 2. The number of para-hydroxylation sites is 1. The molecule has 1 atom stereocenters. The molecule has 0 aliphatic carbocycles. The first-order valence-electron chi connectivity index (χ1n) is 8.53. The number of aromatic amines is 1. The van der Waals surface area contributed by atoms with Crippen molar-refractivity contribution in [3.8, 4) is 11.1 Å². The third-order valence-electron chi connectivity index (χ3n) is 4.96. The topological polar surface area (TPSA) is 96.7 Å². The van der Waals surface area contributed by atoms with Crippen molar-refractivity contribution < 1.29 is 13.6 Å². The Morgan fingerprint density at radius 2 is 1.79 bits per heavy atom. The minimum Gasteiger partial charge on any atom is -0.373 e. The van der Waals surface area contributed by atoms with E-state index in [0.717, 1.165) is 0 Å². The van der Waals surface area contributed by atoms with Crippen molar-refractivity contribution in [3.05, 3.63) is 77.1 Å². The van der Waals surface area contributed by atoms with Crippen molar-refractivity contribution in [3.63, 3.8) is 0 Å². The van der Waals surface area contributed by atoms with Crippen LogP contribution in [0.1, 0.15) is 27.7 Å². The lowest BCUT2D eigenvalue weighted by Crippen LogP contribution is -2.15. The summed E-state index contributed by atoms with van der Waals surface area (Å²) in [4.78, 5) is 15.0. The Hall–Kier alpha value is -3.81. The lowest BCUT2D eigenvalue weighted by molar-refractivity contribution is 0.0995. The first-order chi connectivity index (χ1) is 13.6. The molecular weight excluding hydrogens is 364 g/mol. The van der Waals surface area contributed by atoms with Crippen LogP contribution in [0, 0.1) is 11.6 Å². The molecule has 4 aromatic rings. The molecule has 2 aromatic carbocycles. The van der Waals surface area contributed by atoms with Crippen LogP contribution in [0.4, 0.5) is 14.5 Å². The van der Waals surface area contributed by atoms with Gasteiger partial charge in [-0.15, -0.1) is 10.2 Å². The number of fused-ring (bicyclic) bond motifs is 2. The van der Waals surface area contributed by atoms with Crippen LogP contribution in [0.5, 0.6) is 0 Å². The molecule has 6 nitrogen and oxygen atoms in total. The third-order valence-corrected chi connectivity index (χ3v) is 4.96. The highest BCUT2D eigenvalue weighted by Crippen LogP contribution is 2.45. The number of hydrogen-bond donors (Lipinski definition) is 3. The summed E-state index contributed by atoms with van der Waals surface area (Å²) in [6, 6.07) is 10.0. The maximum atomic E-state index is 14.6. The van der Waals surface area contributed by atoms with Crippen molar-refractivity contribution >= 4 is 22.6 Å². The van der Waals surface area contributed by atoms with E-state index in [2.05, 4.69) is 20.5 Å². The van der Waals surface area contributed by atoms with E-state index in [9.17, 15) is 13.6 Å². The summed E-state index contributed by atoms with van der Waals surface area (Å²) in [5.41, 5.74) is 8.08. The van der Waals surface area contributed by atoms with E-state index >= 15 is 0 Å². The molecular formula is C20H13F2N5O. The van der Waals surface area contributed by atoms with Crippen LogP contribution < -0.4 is 11.1 Å². The number of carbonyl (C=O) groups excluding carboxylic acids is 1. The molecule has 0 radical (unpaired) electrons. The summed E-state index contributed by atoms with van der Waals surface area (Å²) in [5, 5.41) is 11.8. The number of hydrogen-bond acceptors (Lipinski definition) is 4. The molecule has 8 heteroatoms. The lowest BCUT2D eigenvalue weighted by Gasteiger charge is -2.20. The highest BCUT2D eigenvalue weighted by atomic mass is 19.1. The van der Waals surface area contributed by atoms with Gasteiger partial charge in [0.05, 0.1) is 11.6 Å². The number of anilines is 1. The van der Waals surface area contributed by atoms with Crippen LogP contribution >= 0.6 is 0 Å². The summed E-state index contributed by atoms with van der Waals surface area (Å²) in [6.45, 7) is 0. The molecule has 0 bridgehead atoms. The second kappa shape index (κ2) is 5.85. The average molecular weight is 377 g/mol. The summed E-state index contributed by atoms with van der Waals surface area (Å²) < 4.78 is 29.2. The molecule has 0 spiro atoms. The molecule has 2 aromatic heterocycles. The number of primary amides is 1. The zero-order chi connectivity index (χ0) is 19.4. The largest absolute Gasteiger partial charge is 0.373 e. The number of halogens is 2. The molecule has 0 saturated carbocycles. The minimum absolute atomic E-state index is 0.00254. The number of nitrogens with zero attached hydrogens (tertiary/aromatic N) is 2. The van der Waals surface area contributed by atoms with Crippen LogP contribution in [-0.4, -0.2) is 21.1 Å². The molecule has 0 fully saturated rings. The van der Waals surface area contributed by atoms with Gasteiger partial charge in [0.1, 0.15) is 11.6 Å². The Balaban J connectivity index is 1.93. The molecule has 138 valence electrons. The highest BCUT2D eigenvalue weighted by Gasteiger charge is 2.32. The van der Waals surface area contributed by atoms with Gasteiger partial charge in [-0.25, -0.2) is 8.78 Å². The van der Waals surface area contributed by atoms with Crippen LogP contribution in [-0.2, 0) is 0 Å². The van der Waals surface area contributed by atoms with E-state index in [4.69, 9.17) is 5.73 Å². The summed E-state index contributed by atoms with van der Waals surface area (Å²) >= 11 is 0. The second-order valence-electron chi connectivity index (χ2n) is 6.51. The molecule has 1 aliphatic rings. The Morgan fingerprint density at radius 3 is 2.54 bits per heavy atom. The van der Waals surface area contributed by atoms with Gasteiger partial charge in [-0.2, -0.15) is 0 Å². The van der Waals surface area contributed by atoms with Gasteiger partial charge in [0, 0.05) is 34.0 Å². The number of carbonyl (C=O) groups is 1. The minimum atomic E-state index is -0.845. The van der Waals surface area contributed by atoms with Crippen LogP contribution in [0.3, 0.4) is 0 Å². The Bertz CT molecular complexity index is 1250. The normalized spacial score (nSPS) is 15.0. The van der Waals surface area contributed by atoms with Gasteiger partial charge in [0.25, 0.3) is 5.91 Å². The molecule has 4 N–H and O–H groups in total. The molecule has 1 aliphatic heterocycles. The second-order valence-corrected chi connectivity index (χ2v) is 6.51. The van der Waals surface area contributed by atoms with E-state index in [-0.39, 0.29) is 11.3 Å². The van der Waals surface area contributed by atoms with Crippen molar-refractivity contribution in [2.24, 2.45) is 5.73 Å². The first kappa shape index (κ1) is 16.4. The SMILES string of the molecule is NC(=O)c1nnc2[nH]cc3c2c1-c1ccccc1NC3c1c(F)cccc1F. The highest BCUT2D eigenvalue weighted by molar-refractivity contribution is 6.10. The molecule has 1 unspecified atom stereocenters. The van der Waals surface area contributed by atoms with E-state index in [0.29, 0.717) is 33.4 Å². The van der Waals surface area contributed by atoms with Gasteiger partial charge < -0.3 is 16.0 Å². The van der Waals surface area contributed by atoms with Gasteiger partial charge in [0.2, 0.25) is 0 Å². The van der Waals surface area contributed by atoms with E-state index < -0.39 is 23.6 Å². The molecule has 28 heavy (non-hydrogen) atoms. The van der Waals surface area contributed by atoms with Gasteiger partial charge >= 0.3 is 0 Å². The van der Waals surface area contributed by atoms with E-state index in [1.807, 2.05) is 0 Å². The van der Waals surface area contributed by atoms with Crippen molar-refractivity contribution in [1.29, 1.82) is 0 Å². The van der Waals surface area contributed by atoms with Crippen LogP contribution in [0.2, 0.25) is 0 Å². The first-order valence-corrected chi connectivity index (χ1v) is 8.53. The van der Waals surface area contributed by atoms with Crippen molar-refractivity contribution in [1.82, 2.24) is 15.2 Å². The Labute approximate surface area is 157 Å². The smallest absolute Gasteiger partial charge is 0.269 e. The van der Waals surface area contributed by atoms with Crippen LogP contribution in [0.15, 0.2) is 48.7 Å². The van der Waals surface area contributed by atoms with E-state index in [1.54, 1.807) is 30.5 Å². The summed E-state index contributed by atoms with van der Waals surface area (Å²) in [6.07, 6.45) is 1.61. The van der Waals surface area contributed by atoms with E-state index in [1.165, 1.54) is 18.2 Å². The Kier molecular flexibility index (Phi) is 3.42. The fourth-order valence-corrected chi connectivity index (χ4v) is 3.77. The number of aromatic nitrogens is 3. The quantitative estimate of drug-likeness (QED) is 0.498. The fourth-order valence-electron chi connectivity index (χ4n) is 3.77. The number of H-pyrrole nitrogens is 1. The van der Waals surface area contributed by atoms with Gasteiger partial charge in [-0.05, 0) is 18.2 Å². The predicted octanol–water partition coefficient (Wildman–Crippen LogP) is 3.52. The number of rotatable bonds is 2. The molecule has 0 saturated heterocycles. The summed E-state index contributed by atoms with van der Waals surface area (Å²) in [7, 11) is 0. The number of amides is 1. The molecule has 1 amide bonds. The maximum Gasteiger partial charge on any atom is 0.269 e. The standard InChI is InChI=1S/C20H13F2N5O/c21-11-5-3-6-12(22)16(11)17-10-8-24-20-15(10)14(18(19(23)28)26-27-20)9-4-1-2-7-13(9)25-17/h1-8,17,25H,(H2,23,28)(H,24,27). The molecule has 5 rings (SSSR count). The van der Waals surface area contributed by atoms with Crippen LogP contribution in [0.25, 0.3) is 22.2 Å². The molecule has 3 heterocycles. The predicted molar refractivity (Wildman–Crippen MR) is 99.7 cm³/mol. The number of nitrogens with two attached hydrogens (primary N) is 1. The zero-order valence-corrected chi connectivity index (χ0v) is 14.3.